The zero-order chi connectivity index (χ0) is 14.9. The first-order valence-corrected chi connectivity index (χ1v) is 7.60. The SMILES string of the molecule is CC(C)(C)OC(=O)NCc1cc2sc(C(=O)O)cc2s1. The second-order valence-electron chi connectivity index (χ2n) is 5.21. The van der Waals surface area contributed by atoms with E-state index in [0.717, 1.165) is 14.3 Å². The lowest BCUT2D eigenvalue weighted by Gasteiger charge is -2.19. The summed E-state index contributed by atoms with van der Waals surface area (Å²) in [6.45, 7) is 5.80. The van der Waals surface area contributed by atoms with Crippen molar-refractivity contribution in [1.82, 2.24) is 5.32 Å². The average Bonchev–Trinajstić information content (AvgIpc) is 2.80. The van der Waals surface area contributed by atoms with E-state index >= 15 is 0 Å². The molecule has 2 N–H and O–H groups in total. The Labute approximate surface area is 124 Å². The summed E-state index contributed by atoms with van der Waals surface area (Å²) in [5, 5.41) is 11.6. The normalized spacial score (nSPS) is 11.6. The molecule has 1 amide bonds. The molecule has 0 unspecified atom stereocenters. The van der Waals surface area contributed by atoms with Crippen LogP contribution in [0, 0.1) is 0 Å². The van der Waals surface area contributed by atoms with Crippen molar-refractivity contribution in [3.63, 3.8) is 0 Å². The summed E-state index contributed by atoms with van der Waals surface area (Å²) in [6, 6.07) is 3.55. The first kappa shape index (κ1) is 14.8. The number of carbonyl (C=O) groups excluding carboxylic acids is 1. The summed E-state index contributed by atoms with van der Waals surface area (Å²) < 4.78 is 6.99. The summed E-state index contributed by atoms with van der Waals surface area (Å²) in [7, 11) is 0. The fourth-order valence-electron chi connectivity index (χ4n) is 1.55. The molecule has 5 nitrogen and oxygen atoms in total. The van der Waals surface area contributed by atoms with Gasteiger partial charge >= 0.3 is 12.1 Å². The number of ether oxygens (including phenoxy) is 1. The van der Waals surface area contributed by atoms with E-state index in [2.05, 4.69) is 5.32 Å². The number of hydrogen-bond donors (Lipinski definition) is 2. The molecule has 0 aliphatic carbocycles. The fourth-order valence-corrected chi connectivity index (χ4v) is 3.75. The molecule has 0 bridgehead atoms. The fraction of sp³-hybridized carbons (Fsp3) is 0.385. The summed E-state index contributed by atoms with van der Waals surface area (Å²) in [5.74, 6) is -0.910. The van der Waals surface area contributed by atoms with Gasteiger partial charge in [-0.3, -0.25) is 0 Å². The van der Waals surface area contributed by atoms with Gasteiger partial charge in [-0.15, -0.1) is 22.7 Å². The molecule has 108 valence electrons. The number of fused-ring (bicyclic) bond motifs is 1. The zero-order valence-electron chi connectivity index (χ0n) is 11.4. The first-order chi connectivity index (χ1) is 9.24. The van der Waals surface area contributed by atoms with Crippen molar-refractivity contribution in [2.45, 2.75) is 32.9 Å². The Balaban J connectivity index is 1.99. The Kier molecular flexibility index (Phi) is 4.01. The van der Waals surface area contributed by atoms with Crippen molar-refractivity contribution in [3.05, 3.63) is 21.9 Å². The molecule has 0 saturated carbocycles. The van der Waals surface area contributed by atoms with Gasteiger partial charge in [0.25, 0.3) is 0 Å². The number of carboxylic acid groups (broad SMARTS) is 1. The molecule has 0 spiro atoms. The Hall–Kier alpha value is -1.60. The molecule has 2 heterocycles. The van der Waals surface area contributed by atoms with Crippen LogP contribution in [0.25, 0.3) is 9.40 Å². The Morgan fingerprint density at radius 2 is 1.90 bits per heavy atom. The molecule has 20 heavy (non-hydrogen) atoms. The van der Waals surface area contributed by atoms with Gasteiger partial charge in [0.2, 0.25) is 0 Å². The second-order valence-corrected chi connectivity index (χ2v) is 7.46. The van der Waals surface area contributed by atoms with Gasteiger partial charge in [-0.1, -0.05) is 0 Å². The molecule has 2 aromatic rings. The molecule has 2 aromatic heterocycles. The van der Waals surface area contributed by atoms with E-state index in [-0.39, 0.29) is 0 Å². The van der Waals surface area contributed by atoms with Crippen LogP contribution >= 0.6 is 22.7 Å². The first-order valence-electron chi connectivity index (χ1n) is 5.97. The van der Waals surface area contributed by atoms with Crippen molar-refractivity contribution in [1.29, 1.82) is 0 Å². The molecular weight excluding hydrogens is 298 g/mol. The Morgan fingerprint density at radius 3 is 2.45 bits per heavy atom. The number of rotatable bonds is 3. The molecule has 0 fully saturated rings. The molecule has 0 saturated heterocycles. The quantitative estimate of drug-likeness (QED) is 0.906. The maximum atomic E-state index is 11.5. The van der Waals surface area contributed by atoms with Crippen LogP contribution in [0.1, 0.15) is 35.3 Å². The lowest BCUT2D eigenvalue weighted by molar-refractivity contribution is 0.0523. The van der Waals surface area contributed by atoms with E-state index in [9.17, 15) is 9.59 Å². The zero-order valence-corrected chi connectivity index (χ0v) is 13.0. The molecule has 0 atom stereocenters. The van der Waals surface area contributed by atoms with Crippen molar-refractivity contribution in [2.24, 2.45) is 0 Å². The molecule has 0 aliphatic rings. The third kappa shape index (κ3) is 3.71. The minimum Gasteiger partial charge on any atom is -0.477 e. The minimum atomic E-state index is -0.910. The van der Waals surface area contributed by atoms with Gasteiger partial charge in [0.15, 0.2) is 0 Å². The van der Waals surface area contributed by atoms with Gasteiger partial charge in [-0.05, 0) is 32.9 Å². The third-order valence-corrected chi connectivity index (χ3v) is 4.56. The maximum Gasteiger partial charge on any atom is 0.407 e. The van der Waals surface area contributed by atoms with E-state index in [1.807, 2.05) is 6.07 Å². The van der Waals surface area contributed by atoms with Crippen molar-refractivity contribution in [2.75, 3.05) is 0 Å². The lowest BCUT2D eigenvalue weighted by atomic mass is 10.2. The van der Waals surface area contributed by atoms with Crippen LogP contribution in [0.2, 0.25) is 0 Å². The number of hydrogen-bond acceptors (Lipinski definition) is 5. The van der Waals surface area contributed by atoms with Crippen molar-refractivity contribution < 1.29 is 19.4 Å². The predicted molar refractivity (Wildman–Crippen MR) is 79.7 cm³/mol. The van der Waals surface area contributed by atoms with Crippen LogP contribution in [-0.4, -0.2) is 22.8 Å². The highest BCUT2D eigenvalue weighted by atomic mass is 32.1. The Morgan fingerprint density at radius 1 is 1.25 bits per heavy atom. The summed E-state index contributed by atoms with van der Waals surface area (Å²) in [5.41, 5.74) is -0.518. The number of amides is 1. The largest absolute Gasteiger partial charge is 0.477 e. The number of aromatic carboxylic acids is 1. The van der Waals surface area contributed by atoms with Crippen LogP contribution in [-0.2, 0) is 11.3 Å². The van der Waals surface area contributed by atoms with E-state index in [1.165, 1.54) is 22.7 Å². The molecule has 7 heteroatoms. The summed E-state index contributed by atoms with van der Waals surface area (Å²) in [4.78, 5) is 23.7. The number of thiophene rings is 2. The lowest BCUT2D eigenvalue weighted by Crippen LogP contribution is -2.31. The predicted octanol–water partition coefficient (Wildman–Crippen LogP) is 3.69. The maximum absolute atomic E-state index is 11.5. The standard InChI is InChI=1S/C13H15NO4S2/c1-13(2,3)18-12(17)14-6-7-4-8-9(19-7)5-10(20-8)11(15)16/h4-5H,6H2,1-3H3,(H,14,17)(H,15,16). The molecule has 2 rings (SSSR count). The topological polar surface area (TPSA) is 75.6 Å². The number of nitrogens with one attached hydrogen (secondary N) is 1. The van der Waals surface area contributed by atoms with Crippen molar-refractivity contribution in [3.8, 4) is 0 Å². The number of alkyl carbamates (subject to hydrolysis) is 1. The van der Waals surface area contributed by atoms with Crippen LogP contribution in [0.3, 0.4) is 0 Å². The van der Waals surface area contributed by atoms with E-state index < -0.39 is 17.7 Å². The highest BCUT2D eigenvalue weighted by Crippen LogP contribution is 2.33. The smallest absolute Gasteiger partial charge is 0.407 e. The van der Waals surface area contributed by atoms with Crippen LogP contribution in [0.5, 0.6) is 0 Å². The average molecular weight is 313 g/mol. The van der Waals surface area contributed by atoms with Gasteiger partial charge in [0.1, 0.15) is 10.5 Å². The van der Waals surface area contributed by atoms with Gasteiger partial charge < -0.3 is 15.2 Å². The highest BCUT2D eigenvalue weighted by Gasteiger charge is 2.16. The van der Waals surface area contributed by atoms with E-state index in [0.29, 0.717) is 11.4 Å². The van der Waals surface area contributed by atoms with E-state index in [1.54, 1.807) is 26.8 Å². The molecule has 0 aromatic carbocycles. The van der Waals surface area contributed by atoms with Crippen LogP contribution in [0.15, 0.2) is 12.1 Å². The molecule has 0 aliphatic heterocycles. The van der Waals surface area contributed by atoms with Gasteiger partial charge in [0, 0.05) is 14.3 Å². The Bertz CT molecular complexity index is 619. The van der Waals surface area contributed by atoms with Gasteiger partial charge in [-0.2, -0.15) is 0 Å². The van der Waals surface area contributed by atoms with Crippen LogP contribution in [0.4, 0.5) is 4.79 Å². The highest BCUT2D eigenvalue weighted by molar-refractivity contribution is 7.28. The number of carboxylic acids is 1. The molecular formula is C13H15NO4S2. The molecule has 0 radical (unpaired) electrons. The van der Waals surface area contributed by atoms with Gasteiger partial charge in [-0.25, -0.2) is 9.59 Å². The minimum absolute atomic E-state index is 0.331. The number of carbonyl (C=O) groups is 2. The third-order valence-electron chi connectivity index (χ3n) is 2.27. The second kappa shape index (κ2) is 5.41. The van der Waals surface area contributed by atoms with Crippen LogP contribution < -0.4 is 5.32 Å². The van der Waals surface area contributed by atoms with E-state index in [4.69, 9.17) is 9.84 Å². The van der Waals surface area contributed by atoms with Crippen molar-refractivity contribution >= 4 is 44.1 Å². The summed E-state index contributed by atoms with van der Waals surface area (Å²) in [6.07, 6.45) is -0.458. The monoisotopic (exact) mass is 313 g/mol. The van der Waals surface area contributed by atoms with Gasteiger partial charge in [0.05, 0.1) is 6.54 Å². The summed E-state index contributed by atoms with van der Waals surface area (Å²) >= 11 is 2.71.